The predicted octanol–water partition coefficient (Wildman–Crippen LogP) is 2.81. The van der Waals surface area contributed by atoms with Gasteiger partial charge < -0.3 is 9.53 Å². The van der Waals surface area contributed by atoms with Gasteiger partial charge in [0.05, 0.1) is 6.42 Å². The lowest BCUT2D eigenvalue weighted by Crippen LogP contribution is -2.37. The maximum absolute atomic E-state index is 11.6. The van der Waals surface area contributed by atoms with Gasteiger partial charge in [0, 0.05) is 5.57 Å². The Morgan fingerprint density at radius 1 is 1.29 bits per heavy atom. The van der Waals surface area contributed by atoms with Crippen LogP contribution < -0.4 is 0 Å². The van der Waals surface area contributed by atoms with Gasteiger partial charge in [-0.15, -0.1) is 0 Å². The largest absolute Gasteiger partial charge is 0.516 e. The summed E-state index contributed by atoms with van der Waals surface area (Å²) < 4.78 is 5.41. The van der Waals surface area contributed by atoms with Crippen molar-refractivity contribution in [1.82, 2.24) is 0 Å². The number of carboxylic acid groups (broad SMARTS) is 1. The minimum atomic E-state index is -2.12. The Hall–Kier alpha value is -1.10. The van der Waals surface area contributed by atoms with Crippen molar-refractivity contribution >= 4 is 20.3 Å². The van der Waals surface area contributed by atoms with Gasteiger partial charge in [0.15, 0.2) is 0 Å². The van der Waals surface area contributed by atoms with Crippen LogP contribution in [0.2, 0.25) is 19.1 Å². The van der Waals surface area contributed by atoms with E-state index in [-0.39, 0.29) is 17.4 Å². The molecule has 0 amide bonds. The summed E-state index contributed by atoms with van der Waals surface area (Å²) in [5.74, 6) is -1.64. The fourth-order valence-electron chi connectivity index (χ4n) is 1.89. The molecular formula is C12H22O4Si. The number of carboxylic acids is 1. The minimum Gasteiger partial charge on any atom is -0.516 e. The highest BCUT2D eigenvalue weighted by molar-refractivity contribution is 6.72. The maximum atomic E-state index is 11.6. The van der Waals surface area contributed by atoms with Crippen molar-refractivity contribution in [3.05, 3.63) is 12.2 Å². The monoisotopic (exact) mass is 258 g/mol. The first kappa shape index (κ1) is 15.9. The van der Waals surface area contributed by atoms with Gasteiger partial charge in [0.2, 0.25) is 8.32 Å². The fraction of sp³-hybridized carbons (Fsp3) is 0.667. The molecule has 1 N–H and O–H groups in total. The van der Waals surface area contributed by atoms with Gasteiger partial charge in [0.25, 0.3) is 0 Å². The van der Waals surface area contributed by atoms with Crippen LogP contribution in [0.25, 0.3) is 0 Å². The normalized spacial score (nSPS) is 12.1. The van der Waals surface area contributed by atoms with E-state index >= 15 is 0 Å². The highest BCUT2D eigenvalue weighted by Crippen LogP contribution is 2.28. The molecular weight excluding hydrogens is 236 g/mol. The number of hydrogen-bond acceptors (Lipinski definition) is 3. The van der Waals surface area contributed by atoms with Gasteiger partial charge in [-0.05, 0) is 24.6 Å². The molecule has 0 heterocycles. The number of carbonyl (C=O) groups is 2. The van der Waals surface area contributed by atoms with Crippen LogP contribution in [-0.2, 0) is 14.0 Å². The summed E-state index contributed by atoms with van der Waals surface area (Å²) in [6, 6.07) is 0.825. The number of hydrogen-bond donors (Lipinski definition) is 1. The molecule has 0 unspecified atom stereocenters. The van der Waals surface area contributed by atoms with Crippen molar-refractivity contribution in [2.24, 2.45) is 5.41 Å². The van der Waals surface area contributed by atoms with E-state index in [0.717, 1.165) is 6.04 Å². The minimum absolute atomic E-state index is 0.00647. The highest BCUT2D eigenvalue weighted by atomic mass is 28.4. The van der Waals surface area contributed by atoms with Gasteiger partial charge in [-0.25, -0.2) is 4.79 Å². The molecule has 0 spiro atoms. The zero-order valence-electron chi connectivity index (χ0n) is 11.3. The van der Waals surface area contributed by atoms with Crippen LogP contribution >= 0.6 is 0 Å². The summed E-state index contributed by atoms with van der Waals surface area (Å²) in [6.07, 6.45) is -0.362. The summed E-state index contributed by atoms with van der Waals surface area (Å²) in [4.78, 5) is 22.1. The average molecular weight is 258 g/mol. The molecule has 0 saturated heterocycles. The van der Waals surface area contributed by atoms with Crippen molar-refractivity contribution in [1.29, 1.82) is 0 Å². The van der Waals surface area contributed by atoms with Crippen molar-refractivity contribution in [3.8, 4) is 0 Å². The molecule has 0 aliphatic heterocycles. The molecule has 0 aromatic rings. The van der Waals surface area contributed by atoms with E-state index in [1.165, 1.54) is 0 Å². The first-order valence-corrected chi connectivity index (χ1v) is 8.67. The molecule has 0 aromatic carbocycles. The van der Waals surface area contributed by atoms with Gasteiger partial charge in [-0.1, -0.05) is 27.4 Å². The first-order chi connectivity index (χ1) is 7.43. The third-order valence-corrected chi connectivity index (χ3v) is 4.63. The van der Waals surface area contributed by atoms with Gasteiger partial charge in [-0.3, -0.25) is 4.79 Å². The smallest absolute Gasteiger partial charge is 0.320 e. The molecule has 0 bridgehead atoms. The molecule has 0 aliphatic rings. The lowest BCUT2D eigenvalue weighted by atomic mass is 10.0. The highest BCUT2D eigenvalue weighted by Gasteiger charge is 2.33. The van der Waals surface area contributed by atoms with Crippen LogP contribution in [0.3, 0.4) is 0 Å². The third-order valence-electron chi connectivity index (χ3n) is 1.98. The quantitative estimate of drug-likeness (QED) is 0.608. The molecule has 0 fully saturated rings. The number of rotatable bonds is 5. The van der Waals surface area contributed by atoms with Crippen LogP contribution in [0.5, 0.6) is 0 Å². The lowest BCUT2D eigenvalue weighted by molar-refractivity contribution is -0.139. The fourth-order valence-corrected chi connectivity index (χ4v) is 5.16. The molecule has 0 aromatic heterocycles. The Balaban J connectivity index is 4.46. The van der Waals surface area contributed by atoms with E-state index in [4.69, 9.17) is 9.53 Å². The zero-order chi connectivity index (χ0) is 13.9. The van der Waals surface area contributed by atoms with E-state index in [2.05, 4.69) is 27.4 Å². The molecule has 4 nitrogen and oxygen atoms in total. The predicted molar refractivity (Wildman–Crippen MR) is 69.2 cm³/mol. The molecule has 5 heteroatoms. The second-order valence-electron chi connectivity index (χ2n) is 6.06. The van der Waals surface area contributed by atoms with Crippen LogP contribution in [0, 0.1) is 5.41 Å². The molecule has 0 rings (SSSR count). The van der Waals surface area contributed by atoms with E-state index in [1.54, 1.807) is 0 Å². The van der Waals surface area contributed by atoms with Gasteiger partial charge >= 0.3 is 11.9 Å². The second kappa shape index (κ2) is 5.49. The summed E-state index contributed by atoms with van der Waals surface area (Å²) in [5, 5.41) is 8.56. The molecule has 0 radical (unpaired) electrons. The van der Waals surface area contributed by atoms with Gasteiger partial charge in [-0.2, -0.15) is 0 Å². The Kier molecular flexibility index (Phi) is 5.13. The summed E-state index contributed by atoms with van der Waals surface area (Å²) in [5.41, 5.74) is 0.0939. The molecule has 0 saturated carbocycles. The maximum Gasteiger partial charge on any atom is 0.320 e. The van der Waals surface area contributed by atoms with E-state index in [1.807, 2.05) is 13.1 Å². The zero-order valence-corrected chi connectivity index (χ0v) is 12.3. The number of aliphatic carboxylic acids is 1. The van der Waals surface area contributed by atoms with E-state index < -0.39 is 20.3 Å². The Bertz CT molecular complexity index is 326. The standard InChI is InChI=1S/C12H22O4Si/c1-9(7-10(13)14)11(15)16-17(5,6)8-12(2,3)4/h1,7-8H2,2-6H3,(H,13,14). The van der Waals surface area contributed by atoms with Crippen LogP contribution in [-0.4, -0.2) is 25.4 Å². The first-order valence-electron chi connectivity index (χ1n) is 5.56. The molecule has 0 aliphatic carbocycles. The van der Waals surface area contributed by atoms with Crippen LogP contribution in [0.1, 0.15) is 27.2 Å². The summed E-state index contributed by atoms with van der Waals surface area (Å²) >= 11 is 0. The summed E-state index contributed by atoms with van der Waals surface area (Å²) in [7, 11) is -2.12. The van der Waals surface area contributed by atoms with Crippen molar-refractivity contribution < 1.29 is 19.1 Å². The van der Waals surface area contributed by atoms with Crippen LogP contribution in [0.15, 0.2) is 12.2 Å². The second-order valence-corrected chi connectivity index (χ2v) is 10.1. The van der Waals surface area contributed by atoms with Gasteiger partial charge in [0.1, 0.15) is 0 Å². The van der Waals surface area contributed by atoms with Crippen molar-refractivity contribution in [2.45, 2.75) is 46.3 Å². The average Bonchev–Trinajstić information content (AvgIpc) is 1.95. The Labute approximate surface area is 104 Å². The SMILES string of the molecule is C=C(CC(=O)O)C(=O)O[Si](C)(C)CC(C)(C)C. The summed E-state index contributed by atoms with van der Waals surface area (Å²) in [6.45, 7) is 13.6. The molecule has 17 heavy (non-hydrogen) atoms. The lowest BCUT2D eigenvalue weighted by Gasteiger charge is -2.30. The van der Waals surface area contributed by atoms with E-state index in [0.29, 0.717) is 0 Å². The number of carbonyl (C=O) groups excluding carboxylic acids is 1. The van der Waals surface area contributed by atoms with Crippen molar-refractivity contribution in [2.75, 3.05) is 0 Å². The molecule has 0 atom stereocenters. The van der Waals surface area contributed by atoms with Crippen LogP contribution in [0.4, 0.5) is 0 Å². The Morgan fingerprint density at radius 3 is 2.12 bits per heavy atom. The van der Waals surface area contributed by atoms with Crippen molar-refractivity contribution in [3.63, 3.8) is 0 Å². The van der Waals surface area contributed by atoms with E-state index in [9.17, 15) is 9.59 Å². The Morgan fingerprint density at radius 2 is 1.76 bits per heavy atom. The topological polar surface area (TPSA) is 63.6 Å². The molecule has 98 valence electrons. The third kappa shape index (κ3) is 7.74.